The van der Waals surface area contributed by atoms with Crippen molar-refractivity contribution in [2.75, 3.05) is 38.5 Å². The molecule has 8 nitrogen and oxygen atoms in total. The molecule has 0 spiro atoms. The molecule has 0 aliphatic carbocycles. The average molecular weight is 436 g/mol. The number of hydrogen-bond acceptors (Lipinski definition) is 7. The van der Waals surface area contributed by atoms with Gasteiger partial charge in [-0.05, 0) is 36.9 Å². The fraction of sp³-hybridized carbons (Fsp3) is 0.273. The minimum absolute atomic E-state index is 0.255. The van der Waals surface area contributed by atoms with Crippen LogP contribution in [0.25, 0.3) is 17.0 Å². The molecule has 10 heteroatoms. The Labute approximate surface area is 183 Å². The zero-order valence-corrected chi connectivity index (χ0v) is 17.5. The van der Waals surface area contributed by atoms with E-state index in [1.807, 2.05) is 12.3 Å². The van der Waals surface area contributed by atoms with Crippen molar-refractivity contribution in [2.45, 2.75) is 6.54 Å². The molecule has 4 aromatic rings. The molecule has 0 amide bonds. The zero-order valence-electron chi connectivity index (χ0n) is 17.5. The third kappa shape index (κ3) is 4.14. The van der Waals surface area contributed by atoms with Crippen LogP contribution < -0.4 is 5.32 Å². The Hall–Kier alpha value is -3.50. The van der Waals surface area contributed by atoms with Gasteiger partial charge in [0.15, 0.2) is 11.6 Å². The van der Waals surface area contributed by atoms with Crippen LogP contribution in [0.1, 0.15) is 5.56 Å². The third-order valence-corrected chi connectivity index (χ3v) is 5.57. The maximum absolute atomic E-state index is 14.3. The molecule has 0 radical (unpaired) electrons. The summed E-state index contributed by atoms with van der Waals surface area (Å²) in [6.07, 6.45) is 5.62. The Morgan fingerprint density at radius 3 is 2.62 bits per heavy atom. The zero-order chi connectivity index (χ0) is 22.1. The number of nitrogens with one attached hydrogen (secondary N) is 1. The maximum atomic E-state index is 14.3. The van der Waals surface area contributed by atoms with E-state index in [0.29, 0.717) is 17.3 Å². The Balaban J connectivity index is 1.57. The highest BCUT2D eigenvalue weighted by molar-refractivity contribution is 5.78. The number of anilines is 2. The largest absolute Gasteiger partial charge is 0.336 e. The summed E-state index contributed by atoms with van der Waals surface area (Å²) in [6, 6.07) is 6.37. The number of nitrogens with zero attached hydrogens (tertiary/aromatic N) is 7. The summed E-state index contributed by atoms with van der Waals surface area (Å²) in [5, 5.41) is 7.67. The van der Waals surface area contributed by atoms with E-state index in [9.17, 15) is 8.78 Å². The first-order valence-corrected chi connectivity index (χ1v) is 10.3. The minimum Gasteiger partial charge on any atom is -0.336 e. The van der Waals surface area contributed by atoms with Crippen molar-refractivity contribution in [2.24, 2.45) is 0 Å². The molecular formula is C22H22F2N8. The first kappa shape index (κ1) is 20.4. The second-order valence-electron chi connectivity index (χ2n) is 7.84. The van der Waals surface area contributed by atoms with E-state index >= 15 is 0 Å². The molecule has 5 heterocycles. The van der Waals surface area contributed by atoms with Crippen LogP contribution >= 0.6 is 0 Å². The predicted molar refractivity (Wildman–Crippen MR) is 116 cm³/mol. The summed E-state index contributed by atoms with van der Waals surface area (Å²) in [7, 11) is 2.12. The van der Waals surface area contributed by atoms with Crippen molar-refractivity contribution >= 4 is 17.0 Å². The van der Waals surface area contributed by atoms with Gasteiger partial charge in [-0.15, -0.1) is 5.10 Å². The average Bonchev–Trinajstić information content (AvgIpc) is 3.20. The van der Waals surface area contributed by atoms with E-state index in [-0.39, 0.29) is 5.69 Å². The Kier molecular flexibility index (Phi) is 5.46. The molecule has 0 aromatic carbocycles. The van der Waals surface area contributed by atoms with Gasteiger partial charge in [-0.3, -0.25) is 9.88 Å². The Bertz CT molecular complexity index is 1230. The van der Waals surface area contributed by atoms with E-state index in [2.05, 4.69) is 42.2 Å². The smallest absolute Gasteiger partial charge is 0.200 e. The summed E-state index contributed by atoms with van der Waals surface area (Å²) in [6.45, 7) is 4.68. The number of rotatable bonds is 5. The lowest BCUT2D eigenvalue weighted by atomic mass is 10.2. The number of piperazine rings is 1. The van der Waals surface area contributed by atoms with Gasteiger partial charge in [-0.1, -0.05) is 0 Å². The van der Waals surface area contributed by atoms with Crippen LogP contribution in [0.5, 0.6) is 0 Å². The van der Waals surface area contributed by atoms with Crippen LogP contribution in [0.15, 0.2) is 49.1 Å². The highest BCUT2D eigenvalue weighted by Gasteiger charge is 2.20. The van der Waals surface area contributed by atoms with E-state index in [1.165, 1.54) is 18.3 Å². The third-order valence-electron chi connectivity index (χ3n) is 5.57. The van der Waals surface area contributed by atoms with E-state index in [0.717, 1.165) is 56.2 Å². The predicted octanol–water partition coefficient (Wildman–Crippen LogP) is 2.96. The van der Waals surface area contributed by atoms with E-state index < -0.39 is 11.6 Å². The van der Waals surface area contributed by atoms with Crippen molar-refractivity contribution in [1.82, 2.24) is 34.4 Å². The number of likely N-dealkylation sites (N-methyl/N-ethyl adjacent to an activating group) is 1. The molecule has 4 aromatic heterocycles. The van der Waals surface area contributed by atoms with Crippen molar-refractivity contribution in [3.63, 3.8) is 0 Å². The first-order valence-electron chi connectivity index (χ1n) is 10.3. The van der Waals surface area contributed by atoms with Crippen LogP contribution in [0, 0.1) is 11.6 Å². The molecule has 1 N–H and O–H groups in total. The molecular weight excluding hydrogens is 414 g/mol. The summed E-state index contributed by atoms with van der Waals surface area (Å²) < 4.78 is 29.4. The summed E-state index contributed by atoms with van der Waals surface area (Å²) in [5.41, 5.74) is 2.46. The molecule has 1 saturated heterocycles. The van der Waals surface area contributed by atoms with Crippen molar-refractivity contribution < 1.29 is 8.78 Å². The summed E-state index contributed by atoms with van der Waals surface area (Å²) in [4.78, 5) is 17.2. The molecule has 0 bridgehead atoms. The maximum Gasteiger partial charge on any atom is 0.200 e. The van der Waals surface area contributed by atoms with Gasteiger partial charge in [0, 0.05) is 45.1 Å². The van der Waals surface area contributed by atoms with Gasteiger partial charge < -0.3 is 10.2 Å². The lowest BCUT2D eigenvalue weighted by Crippen LogP contribution is -2.43. The highest BCUT2D eigenvalue weighted by Crippen LogP contribution is 2.28. The van der Waals surface area contributed by atoms with Crippen LogP contribution in [0.2, 0.25) is 0 Å². The lowest BCUT2D eigenvalue weighted by Gasteiger charge is -2.32. The van der Waals surface area contributed by atoms with E-state index in [1.54, 1.807) is 10.6 Å². The fourth-order valence-corrected chi connectivity index (χ4v) is 3.77. The number of hydrogen-bond donors (Lipinski definition) is 1. The standard InChI is InChI=1S/C22H22F2N8/c1-30-8-10-31(11-9-30)14-15-5-7-32-20(15)22(27-18-4-6-25-13-17(18)24)28-21(29-32)19-3-2-16(23)12-26-19/h2-7,12-13H,8-11,14H2,1H3,(H,25,27,28,29). The van der Waals surface area contributed by atoms with Gasteiger partial charge in [0.1, 0.15) is 17.0 Å². The van der Waals surface area contributed by atoms with Gasteiger partial charge in [0.2, 0.25) is 5.82 Å². The van der Waals surface area contributed by atoms with E-state index in [4.69, 9.17) is 0 Å². The van der Waals surface area contributed by atoms with Crippen LogP contribution in [0.3, 0.4) is 0 Å². The first-order chi connectivity index (χ1) is 15.6. The van der Waals surface area contributed by atoms with Crippen molar-refractivity contribution in [3.05, 3.63) is 66.3 Å². The molecule has 1 fully saturated rings. The molecule has 1 aliphatic rings. The van der Waals surface area contributed by atoms with Crippen LogP contribution in [-0.4, -0.2) is 67.6 Å². The molecule has 0 saturated carbocycles. The van der Waals surface area contributed by atoms with Crippen molar-refractivity contribution in [3.8, 4) is 11.5 Å². The van der Waals surface area contributed by atoms with Gasteiger partial charge in [-0.25, -0.2) is 23.3 Å². The number of aromatic nitrogens is 5. The molecule has 32 heavy (non-hydrogen) atoms. The number of fused-ring (bicyclic) bond motifs is 1. The Morgan fingerprint density at radius 2 is 1.88 bits per heavy atom. The normalized spacial score (nSPS) is 15.3. The quantitative estimate of drug-likeness (QED) is 0.516. The molecule has 5 rings (SSSR count). The molecule has 1 aliphatic heterocycles. The SMILES string of the molecule is CN1CCN(Cc2ccn3nc(-c4ccc(F)cn4)nc(Nc4ccncc4F)c23)CC1. The Morgan fingerprint density at radius 1 is 1.03 bits per heavy atom. The lowest BCUT2D eigenvalue weighted by molar-refractivity contribution is 0.148. The minimum atomic E-state index is -0.488. The van der Waals surface area contributed by atoms with Gasteiger partial charge >= 0.3 is 0 Å². The second-order valence-corrected chi connectivity index (χ2v) is 7.84. The summed E-state index contributed by atoms with van der Waals surface area (Å²) in [5.74, 6) is -0.183. The van der Waals surface area contributed by atoms with Crippen LogP contribution in [-0.2, 0) is 6.54 Å². The number of pyridine rings is 2. The number of halogens is 2. The van der Waals surface area contributed by atoms with Crippen LogP contribution in [0.4, 0.5) is 20.3 Å². The molecule has 0 atom stereocenters. The topological polar surface area (TPSA) is 74.5 Å². The fourth-order valence-electron chi connectivity index (χ4n) is 3.77. The summed E-state index contributed by atoms with van der Waals surface area (Å²) >= 11 is 0. The van der Waals surface area contributed by atoms with Crippen molar-refractivity contribution in [1.29, 1.82) is 0 Å². The molecule has 0 unspecified atom stereocenters. The van der Waals surface area contributed by atoms with Gasteiger partial charge in [-0.2, -0.15) is 0 Å². The monoisotopic (exact) mass is 436 g/mol. The molecule has 164 valence electrons. The highest BCUT2D eigenvalue weighted by atomic mass is 19.1. The van der Waals surface area contributed by atoms with Gasteiger partial charge in [0.05, 0.1) is 18.1 Å². The van der Waals surface area contributed by atoms with Gasteiger partial charge in [0.25, 0.3) is 0 Å². The second kappa shape index (κ2) is 8.56.